The van der Waals surface area contributed by atoms with E-state index in [2.05, 4.69) is 32.7 Å². The second-order valence-corrected chi connectivity index (χ2v) is 5.55. The molecule has 0 bridgehead atoms. The van der Waals surface area contributed by atoms with Gasteiger partial charge in [0.05, 0.1) is 0 Å². The second-order valence-electron chi connectivity index (χ2n) is 4.66. The summed E-state index contributed by atoms with van der Waals surface area (Å²) in [5.41, 5.74) is 0. The van der Waals surface area contributed by atoms with Gasteiger partial charge in [0, 0.05) is 37.1 Å². The number of hydrogen-bond acceptors (Lipinski definition) is 4. The van der Waals surface area contributed by atoms with Crippen LogP contribution in [0.15, 0.2) is 24.0 Å². The van der Waals surface area contributed by atoms with Crippen molar-refractivity contribution in [2.45, 2.75) is 13.0 Å². The number of thiazole rings is 1. The monoisotopic (exact) mass is 248 g/mol. The molecule has 0 spiro atoms. The topological polar surface area (TPSA) is 34.0 Å². The fourth-order valence-electron chi connectivity index (χ4n) is 2.44. The van der Waals surface area contributed by atoms with Gasteiger partial charge in [-0.05, 0) is 25.9 Å². The van der Waals surface area contributed by atoms with Crippen molar-refractivity contribution >= 4 is 11.3 Å². The average molecular weight is 248 g/mol. The average Bonchev–Trinajstić information content (AvgIpc) is 3.00. The zero-order valence-electron chi connectivity index (χ0n) is 9.91. The van der Waals surface area contributed by atoms with Gasteiger partial charge in [0.15, 0.2) is 10.8 Å². The largest absolute Gasteiger partial charge is 0.329 e. The molecule has 90 valence electrons. The fraction of sp³-hybridized carbons (Fsp3) is 0.500. The van der Waals surface area contributed by atoms with Gasteiger partial charge >= 0.3 is 0 Å². The molecule has 4 nitrogen and oxygen atoms in total. The lowest BCUT2D eigenvalue weighted by Gasteiger charge is -2.12. The molecule has 1 unspecified atom stereocenters. The number of likely N-dealkylation sites (tertiary alicyclic amines) is 1. The maximum Gasteiger partial charge on any atom is 0.169 e. The van der Waals surface area contributed by atoms with Gasteiger partial charge in [-0.25, -0.2) is 9.97 Å². The molecule has 1 atom stereocenters. The normalized spacial score (nSPS) is 21.1. The summed E-state index contributed by atoms with van der Waals surface area (Å²) in [6, 6.07) is 0. The van der Waals surface area contributed by atoms with Gasteiger partial charge < -0.3 is 9.47 Å². The summed E-state index contributed by atoms with van der Waals surface area (Å²) in [4.78, 5) is 11.1. The molecule has 3 rings (SSSR count). The van der Waals surface area contributed by atoms with Crippen LogP contribution in [-0.4, -0.2) is 39.6 Å². The minimum absolute atomic E-state index is 0.743. The molecule has 1 fully saturated rings. The molecule has 0 aromatic carbocycles. The first-order valence-electron chi connectivity index (χ1n) is 5.92. The van der Waals surface area contributed by atoms with E-state index in [4.69, 9.17) is 0 Å². The third kappa shape index (κ3) is 2.25. The molecule has 1 saturated heterocycles. The van der Waals surface area contributed by atoms with E-state index in [-0.39, 0.29) is 0 Å². The Morgan fingerprint density at radius 1 is 1.41 bits per heavy atom. The Hall–Kier alpha value is -1.20. The molecule has 0 aliphatic carbocycles. The van der Waals surface area contributed by atoms with Crippen LogP contribution in [0.1, 0.15) is 6.42 Å². The van der Waals surface area contributed by atoms with Gasteiger partial charge in [-0.2, -0.15) is 0 Å². The standard InChI is InChI=1S/C12H16N4S/c1-15-5-2-10(8-15)9-16-6-3-13-11(16)12-14-4-7-17-12/h3-4,6-7,10H,2,5,8-9H2,1H3. The van der Waals surface area contributed by atoms with Crippen LogP contribution in [0, 0.1) is 5.92 Å². The third-order valence-electron chi connectivity index (χ3n) is 3.28. The molecular formula is C12H16N4S. The fourth-order valence-corrected chi connectivity index (χ4v) is 3.09. The summed E-state index contributed by atoms with van der Waals surface area (Å²) in [5.74, 6) is 1.75. The lowest BCUT2D eigenvalue weighted by atomic mass is 10.1. The molecule has 2 aromatic rings. The minimum atomic E-state index is 0.743. The quantitative estimate of drug-likeness (QED) is 0.832. The molecule has 1 aliphatic heterocycles. The summed E-state index contributed by atoms with van der Waals surface area (Å²) in [5, 5.41) is 3.01. The van der Waals surface area contributed by atoms with Crippen molar-refractivity contribution in [1.82, 2.24) is 19.4 Å². The Morgan fingerprint density at radius 3 is 3.06 bits per heavy atom. The summed E-state index contributed by atoms with van der Waals surface area (Å²) >= 11 is 1.65. The van der Waals surface area contributed by atoms with E-state index in [0.29, 0.717) is 0 Å². The van der Waals surface area contributed by atoms with Crippen LogP contribution in [0.2, 0.25) is 0 Å². The SMILES string of the molecule is CN1CCC(Cn2ccnc2-c2nccs2)C1. The number of rotatable bonds is 3. The molecule has 0 radical (unpaired) electrons. The molecular weight excluding hydrogens is 232 g/mol. The molecule has 0 N–H and O–H groups in total. The van der Waals surface area contributed by atoms with Gasteiger partial charge in [-0.1, -0.05) is 0 Å². The number of imidazole rings is 1. The predicted octanol–water partition coefficient (Wildman–Crippen LogP) is 1.96. The van der Waals surface area contributed by atoms with Crippen molar-refractivity contribution in [3.05, 3.63) is 24.0 Å². The maximum absolute atomic E-state index is 4.42. The number of nitrogens with zero attached hydrogens (tertiary/aromatic N) is 4. The highest BCUT2D eigenvalue weighted by Crippen LogP contribution is 2.23. The molecule has 17 heavy (non-hydrogen) atoms. The van der Waals surface area contributed by atoms with E-state index in [1.165, 1.54) is 19.5 Å². The summed E-state index contributed by atoms with van der Waals surface area (Å²) in [6.45, 7) is 3.46. The Balaban J connectivity index is 1.78. The van der Waals surface area contributed by atoms with Crippen LogP contribution in [0.5, 0.6) is 0 Å². The van der Waals surface area contributed by atoms with E-state index in [9.17, 15) is 0 Å². The maximum atomic E-state index is 4.42. The molecule has 1 aliphatic rings. The minimum Gasteiger partial charge on any atom is -0.329 e. The first-order chi connectivity index (χ1) is 8.33. The van der Waals surface area contributed by atoms with Crippen LogP contribution in [0.4, 0.5) is 0 Å². The number of hydrogen-bond donors (Lipinski definition) is 0. The first-order valence-corrected chi connectivity index (χ1v) is 6.80. The molecule has 3 heterocycles. The molecule has 0 amide bonds. The summed E-state index contributed by atoms with van der Waals surface area (Å²) in [7, 11) is 2.19. The van der Waals surface area contributed by atoms with Gasteiger partial charge in [-0.3, -0.25) is 0 Å². The molecule has 0 saturated carbocycles. The van der Waals surface area contributed by atoms with E-state index in [0.717, 1.165) is 23.3 Å². The van der Waals surface area contributed by atoms with Gasteiger partial charge in [0.25, 0.3) is 0 Å². The van der Waals surface area contributed by atoms with Crippen LogP contribution in [0.25, 0.3) is 10.8 Å². The van der Waals surface area contributed by atoms with Crippen LogP contribution in [-0.2, 0) is 6.54 Å². The second kappa shape index (κ2) is 4.58. The highest BCUT2D eigenvalue weighted by Gasteiger charge is 2.21. The molecule has 2 aromatic heterocycles. The first kappa shape index (κ1) is 10.9. The van der Waals surface area contributed by atoms with E-state index >= 15 is 0 Å². The Kier molecular flexibility index (Phi) is 2.94. The van der Waals surface area contributed by atoms with Gasteiger partial charge in [-0.15, -0.1) is 11.3 Å². The summed E-state index contributed by atoms with van der Waals surface area (Å²) in [6.07, 6.45) is 7.05. The van der Waals surface area contributed by atoms with Crippen molar-refractivity contribution < 1.29 is 0 Å². The third-order valence-corrected chi connectivity index (χ3v) is 4.05. The smallest absolute Gasteiger partial charge is 0.169 e. The Labute approximate surface area is 105 Å². The van der Waals surface area contributed by atoms with Gasteiger partial charge in [0.2, 0.25) is 0 Å². The van der Waals surface area contributed by atoms with Gasteiger partial charge in [0.1, 0.15) is 0 Å². The predicted molar refractivity (Wildman–Crippen MR) is 68.9 cm³/mol. The summed E-state index contributed by atoms with van der Waals surface area (Å²) < 4.78 is 2.24. The van der Waals surface area contributed by atoms with Crippen LogP contribution in [0.3, 0.4) is 0 Å². The van der Waals surface area contributed by atoms with E-state index in [1.807, 2.05) is 17.8 Å². The van der Waals surface area contributed by atoms with E-state index < -0.39 is 0 Å². The lowest BCUT2D eigenvalue weighted by molar-refractivity contribution is 0.378. The lowest BCUT2D eigenvalue weighted by Crippen LogP contribution is -2.17. The highest BCUT2D eigenvalue weighted by molar-refractivity contribution is 7.13. The van der Waals surface area contributed by atoms with Crippen molar-refractivity contribution in [3.8, 4) is 10.8 Å². The zero-order chi connectivity index (χ0) is 11.7. The zero-order valence-corrected chi connectivity index (χ0v) is 10.7. The Bertz CT molecular complexity index is 476. The number of aromatic nitrogens is 3. The van der Waals surface area contributed by atoms with E-state index in [1.54, 1.807) is 11.3 Å². The van der Waals surface area contributed by atoms with Crippen LogP contribution < -0.4 is 0 Å². The van der Waals surface area contributed by atoms with Crippen molar-refractivity contribution in [2.24, 2.45) is 5.92 Å². The Morgan fingerprint density at radius 2 is 2.35 bits per heavy atom. The molecule has 5 heteroatoms. The van der Waals surface area contributed by atoms with Crippen LogP contribution >= 0.6 is 11.3 Å². The van der Waals surface area contributed by atoms with Crippen molar-refractivity contribution in [3.63, 3.8) is 0 Å². The van der Waals surface area contributed by atoms with Crippen molar-refractivity contribution in [1.29, 1.82) is 0 Å². The van der Waals surface area contributed by atoms with Crippen molar-refractivity contribution in [2.75, 3.05) is 20.1 Å². The highest BCUT2D eigenvalue weighted by atomic mass is 32.1.